The summed E-state index contributed by atoms with van der Waals surface area (Å²) in [5, 5.41) is 8.78. The van der Waals surface area contributed by atoms with Crippen molar-refractivity contribution in [2.75, 3.05) is 0 Å². The second-order valence-corrected chi connectivity index (χ2v) is 4.95. The molecule has 1 aromatic carbocycles. The predicted molar refractivity (Wildman–Crippen MR) is 69.6 cm³/mol. The maximum atomic E-state index is 13.6. The van der Waals surface area contributed by atoms with Gasteiger partial charge in [0.05, 0.1) is 0 Å². The van der Waals surface area contributed by atoms with E-state index >= 15 is 0 Å². The van der Waals surface area contributed by atoms with Crippen LogP contribution in [0.2, 0.25) is 0 Å². The molecule has 6 heteroatoms. The van der Waals surface area contributed by atoms with Crippen LogP contribution in [0.4, 0.5) is 4.39 Å². The normalized spacial score (nSPS) is 10.9. The maximum absolute atomic E-state index is 13.6. The molecule has 18 heavy (non-hydrogen) atoms. The molecule has 0 aliphatic rings. The fourth-order valence-corrected chi connectivity index (χ4v) is 2.45. The van der Waals surface area contributed by atoms with Crippen LogP contribution in [0.25, 0.3) is 0 Å². The van der Waals surface area contributed by atoms with Gasteiger partial charge in [-0.25, -0.2) is 4.39 Å². The molecule has 0 amide bonds. The zero-order valence-corrected chi connectivity index (χ0v) is 11.2. The molecule has 0 saturated carbocycles. The van der Waals surface area contributed by atoms with Gasteiger partial charge in [0, 0.05) is 19.3 Å². The van der Waals surface area contributed by atoms with Crippen LogP contribution in [0.1, 0.15) is 17.0 Å². The Labute approximate surface area is 109 Å². The van der Waals surface area contributed by atoms with Crippen molar-refractivity contribution in [2.24, 2.45) is 12.8 Å². The molecular formula is C12H15FN4S. The second-order valence-electron chi connectivity index (χ2n) is 4.01. The van der Waals surface area contributed by atoms with E-state index in [-0.39, 0.29) is 5.82 Å². The zero-order valence-electron chi connectivity index (χ0n) is 10.4. The quantitative estimate of drug-likeness (QED) is 0.860. The molecule has 2 rings (SSSR count). The zero-order chi connectivity index (χ0) is 13.1. The maximum Gasteiger partial charge on any atom is 0.191 e. The largest absolute Gasteiger partial charge is 0.326 e. The SMILES string of the molecule is Cc1nnc(SCc2cc(CN)ccc2F)n1C. The summed E-state index contributed by atoms with van der Waals surface area (Å²) in [6, 6.07) is 4.96. The van der Waals surface area contributed by atoms with E-state index in [0.717, 1.165) is 16.5 Å². The number of halogens is 1. The van der Waals surface area contributed by atoms with E-state index in [2.05, 4.69) is 10.2 Å². The van der Waals surface area contributed by atoms with Gasteiger partial charge in [-0.1, -0.05) is 23.9 Å². The van der Waals surface area contributed by atoms with Gasteiger partial charge in [0.1, 0.15) is 11.6 Å². The first-order valence-corrected chi connectivity index (χ1v) is 6.56. The molecule has 0 unspecified atom stereocenters. The highest BCUT2D eigenvalue weighted by molar-refractivity contribution is 7.98. The molecule has 0 aliphatic carbocycles. The number of rotatable bonds is 4. The number of hydrogen-bond donors (Lipinski definition) is 1. The average molecular weight is 266 g/mol. The molecule has 1 aromatic heterocycles. The fraction of sp³-hybridized carbons (Fsp3) is 0.333. The van der Waals surface area contributed by atoms with E-state index in [1.165, 1.54) is 17.8 Å². The summed E-state index contributed by atoms with van der Waals surface area (Å²) in [6.45, 7) is 2.30. The highest BCUT2D eigenvalue weighted by Gasteiger charge is 2.08. The van der Waals surface area contributed by atoms with Gasteiger partial charge in [0.2, 0.25) is 0 Å². The summed E-state index contributed by atoms with van der Waals surface area (Å²) < 4.78 is 15.5. The first-order valence-electron chi connectivity index (χ1n) is 5.58. The Kier molecular flexibility index (Phi) is 3.98. The van der Waals surface area contributed by atoms with E-state index < -0.39 is 0 Å². The van der Waals surface area contributed by atoms with Crippen LogP contribution in [0.15, 0.2) is 23.4 Å². The molecule has 0 aliphatic heterocycles. The van der Waals surface area contributed by atoms with Crippen molar-refractivity contribution in [3.05, 3.63) is 41.0 Å². The van der Waals surface area contributed by atoms with E-state index in [9.17, 15) is 4.39 Å². The number of aromatic nitrogens is 3. The molecule has 4 nitrogen and oxygen atoms in total. The number of thioether (sulfide) groups is 1. The Morgan fingerprint density at radius 3 is 2.78 bits per heavy atom. The van der Waals surface area contributed by atoms with E-state index in [0.29, 0.717) is 17.9 Å². The molecule has 2 N–H and O–H groups in total. The van der Waals surface area contributed by atoms with E-state index in [4.69, 9.17) is 5.73 Å². The number of nitrogens with zero attached hydrogens (tertiary/aromatic N) is 3. The van der Waals surface area contributed by atoms with Crippen molar-refractivity contribution in [1.82, 2.24) is 14.8 Å². The van der Waals surface area contributed by atoms with Gasteiger partial charge in [-0.05, 0) is 24.1 Å². The van der Waals surface area contributed by atoms with Gasteiger partial charge in [-0.15, -0.1) is 10.2 Å². The lowest BCUT2D eigenvalue weighted by molar-refractivity contribution is 0.616. The van der Waals surface area contributed by atoms with Crippen LogP contribution in [0.5, 0.6) is 0 Å². The topological polar surface area (TPSA) is 56.7 Å². The summed E-state index contributed by atoms with van der Waals surface area (Å²) in [7, 11) is 1.89. The molecule has 0 spiro atoms. The van der Waals surface area contributed by atoms with Crippen LogP contribution in [-0.4, -0.2) is 14.8 Å². The third-order valence-corrected chi connectivity index (χ3v) is 3.82. The van der Waals surface area contributed by atoms with Crippen LogP contribution in [-0.2, 0) is 19.3 Å². The van der Waals surface area contributed by atoms with Crippen molar-refractivity contribution in [2.45, 2.75) is 24.4 Å². The Bertz CT molecular complexity index is 553. The monoisotopic (exact) mass is 266 g/mol. The van der Waals surface area contributed by atoms with E-state index in [1.807, 2.05) is 18.5 Å². The third kappa shape index (κ3) is 2.70. The Hall–Kier alpha value is -1.40. The van der Waals surface area contributed by atoms with Gasteiger partial charge >= 0.3 is 0 Å². The van der Waals surface area contributed by atoms with Crippen LogP contribution >= 0.6 is 11.8 Å². The first-order chi connectivity index (χ1) is 8.61. The molecule has 2 aromatic rings. The number of aryl methyl sites for hydroxylation is 1. The molecular weight excluding hydrogens is 251 g/mol. The lowest BCUT2D eigenvalue weighted by Crippen LogP contribution is -1.99. The number of benzene rings is 1. The molecule has 0 fully saturated rings. The molecule has 1 heterocycles. The Balaban J connectivity index is 2.12. The summed E-state index contributed by atoms with van der Waals surface area (Å²) in [5.41, 5.74) is 7.12. The van der Waals surface area contributed by atoms with Gasteiger partial charge in [-0.2, -0.15) is 0 Å². The van der Waals surface area contributed by atoms with E-state index in [1.54, 1.807) is 12.1 Å². The third-order valence-electron chi connectivity index (χ3n) is 2.76. The molecule has 96 valence electrons. The molecule has 0 radical (unpaired) electrons. The lowest BCUT2D eigenvalue weighted by Gasteiger charge is -2.05. The van der Waals surface area contributed by atoms with Crippen LogP contribution in [0.3, 0.4) is 0 Å². The minimum Gasteiger partial charge on any atom is -0.326 e. The molecule has 0 saturated heterocycles. The Morgan fingerprint density at radius 1 is 1.39 bits per heavy atom. The van der Waals surface area contributed by atoms with Crippen molar-refractivity contribution < 1.29 is 4.39 Å². The fourth-order valence-electron chi connectivity index (χ4n) is 1.52. The van der Waals surface area contributed by atoms with Crippen molar-refractivity contribution >= 4 is 11.8 Å². The predicted octanol–water partition coefficient (Wildman–Crippen LogP) is 2.01. The summed E-state index contributed by atoms with van der Waals surface area (Å²) in [5.74, 6) is 1.15. The first kappa shape index (κ1) is 13.0. The number of nitrogens with two attached hydrogens (primary N) is 1. The lowest BCUT2D eigenvalue weighted by atomic mass is 10.1. The molecule has 0 atom stereocenters. The minimum absolute atomic E-state index is 0.210. The number of hydrogen-bond acceptors (Lipinski definition) is 4. The molecule has 0 bridgehead atoms. The standard InChI is InChI=1S/C12H15FN4S/c1-8-15-16-12(17(8)2)18-7-10-5-9(6-14)3-4-11(10)13/h3-5H,6-7,14H2,1-2H3. The minimum atomic E-state index is -0.210. The summed E-state index contributed by atoms with van der Waals surface area (Å²) in [4.78, 5) is 0. The van der Waals surface area contributed by atoms with Gasteiger partial charge in [-0.3, -0.25) is 0 Å². The average Bonchev–Trinajstić information content (AvgIpc) is 2.69. The van der Waals surface area contributed by atoms with Gasteiger partial charge in [0.15, 0.2) is 5.16 Å². The summed E-state index contributed by atoms with van der Waals surface area (Å²) >= 11 is 1.46. The highest BCUT2D eigenvalue weighted by Crippen LogP contribution is 2.23. The second kappa shape index (κ2) is 5.49. The van der Waals surface area contributed by atoms with Crippen molar-refractivity contribution in [1.29, 1.82) is 0 Å². The van der Waals surface area contributed by atoms with Crippen molar-refractivity contribution in [3.63, 3.8) is 0 Å². The highest BCUT2D eigenvalue weighted by atomic mass is 32.2. The van der Waals surface area contributed by atoms with Crippen LogP contribution in [0, 0.1) is 12.7 Å². The summed E-state index contributed by atoms with van der Waals surface area (Å²) in [6.07, 6.45) is 0. The van der Waals surface area contributed by atoms with Gasteiger partial charge in [0.25, 0.3) is 0 Å². The van der Waals surface area contributed by atoms with Crippen LogP contribution < -0.4 is 5.73 Å². The Morgan fingerprint density at radius 2 is 2.17 bits per heavy atom. The van der Waals surface area contributed by atoms with Gasteiger partial charge < -0.3 is 10.3 Å². The van der Waals surface area contributed by atoms with Crippen molar-refractivity contribution in [3.8, 4) is 0 Å². The smallest absolute Gasteiger partial charge is 0.191 e.